The van der Waals surface area contributed by atoms with Crippen molar-refractivity contribution >= 4 is 155 Å². The molecule has 0 saturated carbocycles. The molecular weight excluding hydrogens is 463 g/mol. The Bertz CT molecular complexity index is 144. The van der Waals surface area contributed by atoms with Crippen molar-refractivity contribution in [3.8, 4) is 0 Å². The molecule has 0 aliphatic heterocycles. The monoisotopic (exact) mass is 480 g/mol. The van der Waals surface area contributed by atoms with Crippen LogP contribution in [-0.4, -0.2) is 187 Å². The minimum absolute atomic E-state index is 0. The standard InChI is InChI=1S/Al.2Ca.H3O4P.H4O4Si.H2O.Sr.Zn.9H/c;;;2*1-5(2,3)4;;;;;;;;;;;;/h;;;(H3,1,2,3,4);1-4H;1H2;;;;;;;;;;;/q;2*+2;;;;+2;;;;;6*-1. The van der Waals surface area contributed by atoms with Crippen LogP contribution in [0, 0.1) is 0 Å². The van der Waals surface area contributed by atoms with Crippen LogP contribution in [0.25, 0.3) is 0 Å². The van der Waals surface area contributed by atoms with Crippen molar-refractivity contribution in [2.45, 2.75) is 0 Å². The van der Waals surface area contributed by atoms with Gasteiger partial charge in [0.25, 0.3) is 0 Å². The van der Waals surface area contributed by atoms with Crippen LogP contribution < -0.4 is 0 Å². The molecule has 0 bridgehead atoms. The average Bonchev–Trinajstić information content (AvgIpc) is 1.12. The molecule has 9 N–H and O–H groups in total. The fourth-order valence-electron chi connectivity index (χ4n) is 0. The molecule has 0 radical (unpaired) electrons. The van der Waals surface area contributed by atoms with Crippen molar-refractivity contribution in [3.63, 3.8) is 0 Å². The summed E-state index contributed by atoms with van der Waals surface area (Å²) in [5.74, 6) is 0. The second kappa shape index (κ2) is 25.2. The predicted octanol–water partition coefficient (Wildman–Crippen LogP) is -6.02. The van der Waals surface area contributed by atoms with Crippen LogP contribution in [-0.2, 0) is 24.0 Å². The first-order valence-electron chi connectivity index (χ1n) is 1.68. The fraction of sp³-hybridized carbons (Fsp3) is 0. The normalized spacial score (nSPS) is 7.44. The van der Waals surface area contributed by atoms with E-state index in [9.17, 15) is 0 Å². The Labute approximate surface area is 222 Å². The predicted molar refractivity (Wildman–Crippen MR) is 66.4 cm³/mol. The van der Waals surface area contributed by atoms with E-state index < -0.39 is 16.9 Å². The molecule has 16 heavy (non-hydrogen) atoms. The van der Waals surface area contributed by atoms with Crippen LogP contribution in [0.15, 0.2) is 0 Å². The molecule has 0 fully saturated rings. The molecule has 0 saturated heterocycles. The molecule has 0 amide bonds. The second-order valence-corrected chi connectivity index (χ2v) is 3.34. The maximum absolute atomic E-state index is 8.88. The van der Waals surface area contributed by atoms with Crippen molar-refractivity contribution < 1.29 is 71.9 Å². The van der Waals surface area contributed by atoms with Crippen LogP contribution in [0.4, 0.5) is 0 Å². The molecule has 0 aliphatic rings. The van der Waals surface area contributed by atoms with Gasteiger partial charge in [0.05, 0.1) is 0 Å². The number of rotatable bonds is 0. The molecule has 0 rings (SSSR count). The van der Waals surface area contributed by atoms with E-state index in [1.807, 2.05) is 0 Å². The average molecular weight is 481 g/mol. The Kier molecular flexibility index (Phi) is 78.3. The van der Waals surface area contributed by atoms with E-state index in [1.54, 1.807) is 0 Å². The molecule has 9 nitrogen and oxygen atoms in total. The van der Waals surface area contributed by atoms with Crippen LogP contribution in [0.3, 0.4) is 0 Å². The van der Waals surface area contributed by atoms with Crippen LogP contribution in [0.1, 0.15) is 8.56 Å². The van der Waals surface area contributed by atoms with E-state index in [2.05, 4.69) is 0 Å². The summed E-state index contributed by atoms with van der Waals surface area (Å²) in [6.45, 7) is 0. The smallest absolute Gasteiger partial charge is 1.00 e. The summed E-state index contributed by atoms with van der Waals surface area (Å²) in [6, 6.07) is 0. The van der Waals surface area contributed by atoms with E-state index in [0.29, 0.717) is 0 Å². The van der Waals surface area contributed by atoms with Gasteiger partial charge in [-0.1, -0.05) is 0 Å². The van der Waals surface area contributed by atoms with Crippen molar-refractivity contribution in [2.24, 2.45) is 0 Å². The van der Waals surface area contributed by atoms with Gasteiger partial charge in [-0.3, -0.25) is 0 Å². The van der Waals surface area contributed by atoms with Crippen molar-refractivity contribution in [3.05, 3.63) is 0 Å². The third-order valence-electron chi connectivity index (χ3n) is 0. The maximum atomic E-state index is 8.88. The van der Waals surface area contributed by atoms with Crippen molar-refractivity contribution in [1.82, 2.24) is 0 Å². The number of hydrogen-bond donors (Lipinski definition) is 7. The van der Waals surface area contributed by atoms with Gasteiger partial charge in [0.2, 0.25) is 0 Å². The van der Waals surface area contributed by atoms with Crippen LogP contribution >= 0.6 is 7.82 Å². The Morgan fingerprint density at radius 1 is 0.938 bits per heavy atom. The molecule has 0 heterocycles. The fourth-order valence-corrected chi connectivity index (χ4v) is 0. The third-order valence-corrected chi connectivity index (χ3v) is 0. The summed E-state index contributed by atoms with van der Waals surface area (Å²) >= 11 is 0. The van der Waals surface area contributed by atoms with E-state index in [0.717, 1.165) is 0 Å². The maximum Gasteiger partial charge on any atom is 2.00 e. The Hall–Kier alpha value is 5.28. The molecule has 0 unspecified atom stereocenters. The third kappa shape index (κ3) is 231. The second-order valence-electron chi connectivity index (χ2n) is 1.11. The van der Waals surface area contributed by atoms with Crippen LogP contribution in [0.5, 0.6) is 0 Å². The molecule has 0 aliphatic carbocycles. The first-order chi connectivity index (χ1) is 4.00. The van der Waals surface area contributed by atoms with Gasteiger partial charge >= 0.3 is 138 Å². The Morgan fingerprint density at radius 3 is 0.938 bits per heavy atom. The molecule has 0 aromatic heterocycles. The summed E-state index contributed by atoms with van der Waals surface area (Å²) in [4.78, 5) is 50.9. The van der Waals surface area contributed by atoms with E-state index in [1.165, 1.54) is 0 Å². The molecule has 0 aromatic rings. The summed E-state index contributed by atoms with van der Waals surface area (Å²) < 4.78 is 8.88. The van der Waals surface area contributed by atoms with Gasteiger partial charge in [0, 0.05) is 19.5 Å². The van der Waals surface area contributed by atoms with Gasteiger partial charge in [-0.25, -0.2) is 4.57 Å². The molecule has 0 aromatic carbocycles. The van der Waals surface area contributed by atoms with E-state index in [4.69, 9.17) is 38.4 Å². The van der Waals surface area contributed by atoms with Crippen LogP contribution in [0.2, 0.25) is 0 Å². The van der Waals surface area contributed by atoms with Gasteiger partial charge in [-0.15, -0.1) is 0 Å². The van der Waals surface area contributed by atoms with Crippen molar-refractivity contribution in [2.75, 3.05) is 0 Å². The molecule has 16 heteroatoms. The topological polar surface area (TPSA) is 190 Å². The van der Waals surface area contributed by atoms with Gasteiger partial charge in [0.1, 0.15) is 0 Å². The molecule has 0 atom stereocenters. The number of phosphoric acid groups is 1. The quantitative estimate of drug-likeness (QED) is 0.131. The Morgan fingerprint density at radius 2 is 0.938 bits per heavy atom. The molecular formula is H18AlCa2O9PSiSrZn. The summed E-state index contributed by atoms with van der Waals surface area (Å²) in [6.07, 6.45) is 0. The summed E-state index contributed by atoms with van der Waals surface area (Å²) in [5.41, 5.74) is 0. The van der Waals surface area contributed by atoms with Crippen molar-refractivity contribution in [1.29, 1.82) is 0 Å². The first kappa shape index (κ1) is 49.6. The first-order valence-corrected chi connectivity index (χ1v) is 5.03. The zero-order valence-electron chi connectivity index (χ0n) is 13.8. The zero-order chi connectivity index (χ0) is 9.00. The van der Waals surface area contributed by atoms with E-state index in [-0.39, 0.29) is 172 Å². The SMILES string of the molecule is O.O=P(O)(O)O.O[Si](O)(O)O.[AlH3].[Ca+2].[Ca+2].[H-].[H-].[H-].[H-].[H-].[H-].[Sr+2].[Zn]. The van der Waals surface area contributed by atoms with Gasteiger partial charge in [-0.2, -0.15) is 0 Å². The molecule has 0 spiro atoms. The van der Waals surface area contributed by atoms with Gasteiger partial charge in [-0.05, 0) is 0 Å². The minimum Gasteiger partial charge on any atom is -1.00 e. The Balaban J connectivity index is -0.00000000314. The molecule has 92 valence electrons. The summed E-state index contributed by atoms with van der Waals surface area (Å²) in [7, 11) is -9.25. The van der Waals surface area contributed by atoms with Gasteiger partial charge in [0.15, 0.2) is 17.4 Å². The zero-order valence-corrected chi connectivity index (χ0v) is 20.6. The van der Waals surface area contributed by atoms with Gasteiger partial charge < -0.3 is 47.9 Å². The minimum atomic E-state index is -4.64. The largest absolute Gasteiger partial charge is 2.00 e. The summed E-state index contributed by atoms with van der Waals surface area (Å²) in [5, 5.41) is 0. The van der Waals surface area contributed by atoms with E-state index >= 15 is 0 Å². The number of hydrogen-bond acceptors (Lipinski definition) is 5.